The van der Waals surface area contributed by atoms with Gasteiger partial charge in [-0.2, -0.15) is 0 Å². The van der Waals surface area contributed by atoms with Crippen LogP contribution < -0.4 is 10.6 Å². The van der Waals surface area contributed by atoms with Crippen molar-refractivity contribution < 1.29 is 9.53 Å². The maximum atomic E-state index is 12.1. The van der Waals surface area contributed by atoms with Crippen LogP contribution in [-0.2, 0) is 17.6 Å². The van der Waals surface area contributed by atoms with Crippen LogP contribution in [0.15, 0.2) is 0 Å². The van der Waals surface area contributed by atoms with Crippen LogP contribution in [-0.4, -0.2) is 41.7 Å². The minimum Gasteiger partial charge on any atom is -0.377 e. The van der Waals surface area contributed by atoms with E-state index in [1.54, 1.807) is 0 Å². The second-order valence-electron chi connectivity index (χ2n) is 6.07. The van der Waals surface area contributed by atoms with Gasteiger partial charge in [-0.25, -0.2) is 9.97 Å². The molecule has 0 aliphatic carbocycles. The Morgan fingerprint density at radius 1 is 1.32 bits per heavy atom. The van der Waals surface area contributed by atoms with E-state index in [0.29, 0.717) is 31.3 Å². The molecule has 1 aliphatic rings. The van der Waals surface area contributed by atoms with Crippen molar-refractivity contribution in [2.75, 3.05) is 25.0 Å². The Hall–Kier alpha value is -1.69. The van der Waals surface area contributed by atoms with E-state index in [2.05, 4.69) is 34.4 Å². The van der Waals surface area contributed by atoms with Crippen LogP contribution in [0.4, 0.5) is 5.82 Å². The zero-order valence-electron chi connectivity index (χ0n) is 13.9. The standard InChI is InChI=1S/C16H26N4O2/c1-5-22-11(4)9-18-15-12-6-7-17-16(21)14(12)19-13(20-15)8-10(2)3/h10-11H,5-9H2,1-4H3,(H,17,21)(H,18,19,20). The van der Waals surface area contributed by atoms with Crippen LogP contribution in [0.1, 0.15) is 49.6 Å². The molecule has 0 bridgehead atoms. The number of nitrogens with zero attached hydrogens (tertiary/aromatic N) is 2. The molecule has 2 N–H and O–H groups in total. The largest absolute Gasteiger partial charge is 0.377 e. The molecule has 122 valence electrons. The third-order valence-corrected chi connectivity index (χ3v) is 3.53. The summed E-state index contributed by atoms with van der Waals surface area (Å²) in [7, 11) is 0. The summed E-state index contributed by atoms with van der Waals surface area (Å²) >= 11 is 0. The number of anilines is 1. The van der Waals surface area contributed by atoms with Crippen molar-refractivity contribution in [1.82, 2.24) is 15.3 Å². The zero-order chi connectivity index (χ0) is 16.1. The molecular weight excluding hydrogens is 280 g/mol. The summed E-state index contributed by atoms with van der Waals surface area (Å²) in [5, 5.41) is 6.18. The molecule has 0 saturated heterocycles. The van der Waals surface area contributed by atoms with E-state index < -0.39 is 0 Å². The van der Waals surface area contributed by atoms with Gasteiger partial charge >= 0.3 is 0 Å². The SMILES string of the molecule is CCOC(C)CNc1nc(CC(C)C)nc2c1CCNC2=O. The van der Waals surface area contributed by atoms with Crippen molar-refractivity contribution in [2.45, 2.75) is 46.6 Å². The molecule has 22 heavy (non-hydrogen) atoms. The third-order valence-electron chi connectivity index (χ3n) is 3.53. The van der Waals surface area contributed by atoms with E-state index in [-0.39, 0.29) is 12.0 Å². The number of nitrogens with one attached hydrogen (secondary N) is 2. The minimum absolute atomic E-state index is 0.0987. The molecule has 0 saturated carbocycles. The Bertz CT molecular complexity index is 531. The summed E-state index contributed by atoms with van der Waals surface area (Å²) in [6.07, 6.45) is 1.62. The summed E-state index contributed by atoms with van der Waals surface area (Å²) in [4.78, 5) is 21.2. The summed E-state index contributed by atoms with van der Waals surface area (Å²) in [6, 6.07) is 0. The van der Waals surface area contributed by atoms with Gasteiger partial charge in [-0.1, -0.05) is 13.8 Å². The lowest BCUT2D eigenvalue weighted by Gasteiger charge is -2.21. The van der Waals surface area contributed by atoms with E-state index in [1.165, 1.54) is 0 Å². The highest BCUT2D eigenvalue weighted by molar-refractivity contribution is 5.95. The minimum atomic E-state index is -0.102. The molecule has 0 aromatic carbocycles. The number of hydrogen-bond donors (Lipinski definition) is 2. The summed E-state index contributed by atoms with van der Waals surface area (Å²) in [5.74, 6) is 1.84. The first-order valence-corrected chi connectivity index (χ1v) is 8.04. The van der Waals surface area contributed by atoms with E-state index in [0.717, 1.165) is 30.0 Å². The number of carbonyl (C=O) groups is 1. The average Bonchev–Trinajstić information content (AvgIpc) is 2.45. The average molecular weight is 306 g/mol. The Balaban J connectivity index is 2.25. The Morgan fingerprint density at radius 2 is 2.09 bits per heavy atom. The number of carbonyl (C=O) groups excluding carboxylic acids is 1. The first kappa shape index (κ1) is 16.7. The topological polar surface area (TPSA) is 76.1 Å². The van der Waals surface area contributed by atoms with Gasteiger partial charge in [-0.3, -0.25) is 4.79 Å². The second kappa shape index (κ2) is 7.54. The van der Waals surface area contributed by atoms with Crippen molar-refractivity contribution in [1.29, 1.82) is 0 Å². The molecule has 0 radical (unpaired) electrons. The molecule has 1 unspecified atom stereocenters. The molecule has 0 spiro atoms. The van der Waals surface area contributed by atoms with Gasteiger partial charge in [0, 0.05) is 31.7 Å². The Morgan fingerprint density at radius 3 is 2.77 bits per heavy atom. The molecule has 2 heterocycles. The number of ether oxygens (including phenoxy) is 1. The van der Waals surface area contributed by atoms with Gasteiger partial charge in [0.15, 0.2) is 0 Å². The van der Waals surface area contributed by atoms with Gasteiger partial charge in [0.05, 0.1) is 6.10 Å². The molecule has 6 heteroatoms. The molecule has 1 aromatic rings. The normalized spacial score (nSPS) is 15.4. The molecule has 1 atom stereocenters. The van der Waals surface area contributed by atoms with Gasteiger partial charge in [0.25, 0.3) is 5.91 Å². The summed E-state index contributed by atoms with van der Waals surface area (Å²) in [5.41, 5.74) is 1.43. The van der Waals surface area contributed by atoms with Crippen molar-refractivity contribution >= 4 is 11.7 Å². The van der Waals surface area contributed by atoms with Gasteiger partial charge in [0.1, 0.15) is 17.3 Å². The maximum absolute atomic E-state index is 12.1. The van der Waals surface area contributed by atoms with Crippen LogP contribution in [0, 0.1) is 5.92 Å². The van der Waals surface area contributed by atoms with E-state index in [1.807, 2.05) is 13.8 Å². The number of amides is 1. The number of aromatic nitrogens is 2. The van der Waals surface area contributed by atoms with Gasteiger partial charge in [0.2, 0.25) is 0 Å². The molecular formula is C16H26N4O2. The van der Waals surface area contributed by atoms with Crippen LogP contribution in [0.2, 0.25) is 0 Å². The number of fused-ring (bicyclic) bond motifs is 1. The maximum Gasteiger partial charge on any atom is 0.270 e. The van der Waals surface area contributed by atoms with Crippen LogP contribution >= 0.6 is 0 Å². The van der Waals surface area contributed by atoms with E-state index in [9.17, 15) is 4.79 Å². The van der Waals surface area contributed by atoms with Gasteiger partial charge in [-0.05, 0) is 26.2 Å². The monoisotopic (exact) mass is 306 g/mol. The predicted octanol–water partition coefficient (Wildman–Crippen LogP) is 1.80. The van der Waals surface area contributed by atoms with Crippen molar-refractivity contribution in [2.24, 2.45) is 5.92 Å². The van der Waals surface area contributed by atoms with Crippen molar-refractivity contribution in [3.8, 4) is 0 Å². The molecule has 1 aromatic heterocycles. The molecule has 6 nitrogen and oxygen atoms in total. The van der Waals surface area contributed by atoms with E-state index >= 15 is 0 Å². The zero-order valence-corrected chi connectivity index (χ0v) is 13.9. The quantitative estimate of drug-likeness (QED) is 0.803. The Labute approximate surface area is 132 Å². The lowest BCUT2D eigenvalue weighted by atomic mass is 10.0. The fraction of sp³-hybridized carbons (Fsp3) is 0.688. The number of hydrogen-bond acceptors (Lipinski definition) is 5. The highest BCUT2D eigenvalue weighted by Gasteiger charge is 2.24. The van der Waals surface area contributed by atoms with Crippen molar-refractivity contribution in [3.63, 3.8) is 0 Å². The highest BCUT2D eigenvalue weighted by atomic mass is 16.5. The first-order valence-electron chi connectivity index (χ1n) is 8.04. The van der Waals surface area contributed by atoms with Crippen LogP contribution in [0.3, 0.4) is 0 Å². The van der Waals surface area contributed by atoms with Gasteiger partial charge < -0.3 is 15.4 Å². The van der Waals surface area contributed by atoms with E-state index in [4.69, 9.17) is 4.74 Å². The third kappa shape index (κ3) is 4.16. The van der Waals surface area contributed by atoms with Crippen LogP contribution in [0.25, 0.3) is 0 Å². The molecule has 2 rings (SSSR count). The smallest absolute Gasteiger partial charge is 0.270 e. The highest BCUT2D eigenvalue weighted by Crippen LogP contribution is 2.21. The van der Waals surface area contributed by atoms with Crippen molar-refractivity contribution in [3.05, 3.63) is 17.1 Å². The second-order valence-corrected chi connectivity index (χ2v) is 6.07. The lowest BCUT2D eigenvalue weighted by molar-refractivity contribution is 0.0854. The molecule has 1 amide bonds. The van der Waals surface area contributed by atoms with Crippen LogP contribution in [0.5, 0.6) is 0 Å². The Kier molecular flexibility index (Phi) is 5.71. The first-order chi connectivity index (χ1) is 10.5. The summed E-state index contributed by atoms with van der Waals surface area (Å²) in [6.45, 7) is 10.2. The van der Waals surface area contributed by atoms with Gasteiger partial charge in [-0.15, -0.1) is 0 Å². The fourth-order valence-electron chi connectivity index (χ4n) is 2.53. The lowest BCUT2D eigenvalue weighted by Crippen LogP contribution is -2.34. The molecule has 0 fully saturated rings. The fourth-order valence-corrected chi connectivity index (χ4v) is 2.53. The summed E-state index contributed by atoms with van der Waals surface area (Å²) < 4.78 is 5.54. The predicted molar refractivity (Wildman–Crippen MR) is 86.2 cm³/mol. The number of rotatable bonds is 7. The molecule has 1 aliphatic heterocycles.